The van der Waals surface area contributed by atoms with Crippen molar-refractivity contribution in [2.75, 3.05) is 13.1 Å². The summed E-state index contributed by atoms with van der Waals surface area (Å²) in [7, 11) is 0. The molecule has 0 aliphatic carbocycles. The van der Waals surface area contributed by atoms with E-state index in [0.717, 1.165) is 0 Å². The maximum atomic E-state index is 2.72. The van der Waals surface area contributed by atoms with Gasteiger partial charge < -0.3 is 9.80 Å². The normalized spacial score (nSPS) is 14.6. The maximum Gasteiger partial charge on any atom is 0.101 e. The van der Waals surface area contributed by atoms with Gasteiger partial charge in [0.1, 0.15) is 6.17 Å². The van der Waals surface area contributed by atoms with Crippen LogP contribution in [0.1, 0.15) is 265 Å². The summed E-state index contributed by atoms with van der Waals surface area (Å²) in [5.41, 5.74) is 0. The highest BCUT2D eigenvalue weighted by Gasteiger charge is 2.24. The zero-order valence-electron chi connectivity index (χ0n) is 33.9. The van der Waals surface area contributed by atoms with Crippen LogP contribution >= 0.6 is 0 Å². The third-order valence-electron chi connectivity index (χ3n) is 11.3. The molecule has 0 saturated carbocycles. The molecule has 0 N–H and O–H groups in total. The van der Waals surface area contributed by atoms with Gasteiger partial charge in [0.25, 0.3) is 0 Å². The molecule has 1 rings (SSSR count). The second-order valence-corrected chi connectivity index (χ2v) is 16.1. The molecule has 0 amide bonds. The maximum absolute atomic E-state index is 2.72. The molecule has 0 saturated heterocycles. The van der Waals surface area contributed by atoms with Crippen molar-refractivity contribution in [3.05, 3.63) is 12.4 Å². The van der Waals surface area contributed by atoms with Gasteiger partial charge in [0, 0.05) is 25.5 Å². The highest BCUT2D eigenvalue weighted by atomic mass is 15.4. The fraction of sp³-hybridized carbons (Fsp3) is 0.957. The Morgan fingerprint density at radius 3 is 0.750 bits per heavy atom. The van der Waals surface area contributed by atoms with Gasteiger partial charge in [-0.15, -0.1) is 0 Å². The first-order chi connectivity index (χ1) is 23.8. The Hall–Kier alpha value is -0.660. The van der Waals surface area contributed by atoms with Crippen LogP contribution in [0, 0.1) is 0 Å². The fourth-order valence-electron chi connectivity index (χ4n) is 7.95. The summed E-state index contributed by atoms with van der Waals surface area (Å²) < 4.78 is 0. The molecular weight excluding hydrogens is 581 g/mol. The minimum Gasteiger partial charge on any atom is -0.356 e. The molecule has 0 fully saturated rings. The van der Waals surface area contributed by atoms with Crippen molar-refractivity contribution in [2.45, 2.75) is 271 Å². The fourth-order valence-corrected chi connectivity index (χ4v) is 7.95. The highest BCUT2D eigenvalue weighted by Crippen LogP contribution is 2.24. The highest BCUT2D eigenvalue weighted by molar-refractivity contribution is 4.97. The van der Waals surface area contributed by atoms with E-state index < -0.39 is 0 Å². The summed E-state index contributed by atoms with van der Waals surface area (Å²) in [5.74, 6) is 0. The third-order valence-corrected chi connectivity index (χ3v) is 11.3. The topological polar surface area (TPSA) is 6.48 Å². The Morgan fingerprint density at radius 1 is 0.271 bits per heavy atom. The third kappa shape index (κ3) is 29.1. The SMILES string of the molecule is CCCCCCCCCCCCCCCCCCCC1N(CCCCCC)C=CN1CCCCCCCCCCCCCCCCCC. The van der Waals surface area contributed by atoms with Crippen molar-refractivity contribution in [1.29, 1.82) is 0 Å². The van der Waals surface area contributed by atoms with Crippen molar-refractivity contribution in [2.24, 2.45) is 0 Å². The molecule has 2 heteroatoms. The lowest BCUT2D eigenvalue weighted by Crippen LogP contribution is -2.39. The minimum atomic E-state index is 0.638. The van der Waals surface area contributed by atoms with E-state index in [9.17, 15) is 0 Å². The quantitative estimate of drug-likeness (QED) is 0.0598. The van der Waals surface area contributed by atoms with E-state index in [1.165, 1.54) is 257 Å². The summed E-state index contributed by atoms with van der Waals surface area (Å²) in [6, 6.07) is 0. The van der Waals surface area contributed by atoms with Crippen LogP contribution in [0.3, 0.4) is 0 Å². The molecule has 0 aromatic carbocycles. The van der Waals surface area contributed by atoms with Gasteiger partial charge in [0.05, 0.1) is 0 Å². The van der Waals surface area contributed by atoms with E-state index in [0.29, 0.717) is 6.17 Å². The Bertz CT molecular complexity index is 630. The van der Waals surface area contributed by atoms with Gasteiger partial charge >= 0.3 is 0 Å². The summed E-state index contributed by atoms with van der Waals surface area (Å²) in [6.07, 6.45) is 60.4. The lowest BCUT2D eigenvalue weighted by Gasteiger charge is -2.33. The molecule has 1 aliphatic rings. The van der Waals surface area contributed by atoms with E-state index in [1.54, 1.807) is 0 Å². The van der Waals surface area contributed by atoms with Crippen molar-refractivity contribution in [3.8, 4) is 0 Å². The second-order valence-electron chi connectivity index (χ2n) is 16.1. The van der Waals surface area contributed by atoms with Gasteiger partial charge in [-0.3, -0.25) is 0 Å². The number of nitrogens with zero attached hydrogens (tertiary/aromatic N) is 2. The van der Waals surface area contributed by atoms with E-state index in [1.807, 2.05) is 0 Å². The zero-order chi connectivity index (χ0) is 34.4. The Morgan fingerprint density at radius 2 is 0.479 bits per heavy atom. The predicted octanol–water partition coefficient (Wildman–Crippen LogP) is 16.3. The van der Waals surface area contributed by atoms with Gasteiger partial charge in [-0.1, -0.05) is 239 Å². The number of rotatable bonds is 40. The summed E-state index contributed by atoms with van der Waals surface area (Å²) in [4.78, 5) is 5.42. The average Bonchev–Trinajstić information content (AvgIpc) is 3.48. The number of unbranched alkanes of at least 4 members (excludes halogenated alkanes) is 34. The first-order valence-electron chi connectivity index (χ1n) is 23.0. The van der Waals surface area contributed by atoms with Crippen LogP contribution in [-0.4, -0.2) is 29.1 Å². The molecular formula is C46H92N2. The molecule has 1 aliphatic heterocycles. The molecule has 0 aromatic heterocycles. The van der Waals surface area contributed by atoms with Crippen LogP contribution in [0.5, 0.6) is 0 Å². The molecule has 0 spiro atoms. The van der Waals surface area contributed by atoms with E-state index >= 15 is 0 Å². The van der Waals surface area contributed by atoms with Gasteiger partial charge in [-0.05, 0) is 25.7 Å². The zero-order valence-corrected chi connectivity index (χ0v) is 33.9. The monoisotopic (exact) mass is 673 g/mol. The summed E-state index contributed by atoms with van der Waals surface area (Å²) in [5, 5.41) is 0. The summed E-state index contributed by atoms with van der Waals surface area (Å²) >= 11 is 0. The molecule has 0 radical (unpaired) electrons. The number of hydrogen-bond donors (Lipinski definition) is 0. The van der Waals surface area contributed by atoms with E-state index in [2.05, 4.69) is 43.0 Å². The molecule has 1 unspecified atom stereocenters. The Kier molecular flexibility index (Phi) is 35.5. The Balaban J connectivity index is 2.05. The first-order valence-corrected chi connectivity index (χ1v) is 23.0. The predicted molar refractivity (Wildman–Crippen MR) is 219 cm³/mol. The molecule has 1 atom stereocenters. The lowest BCUT2D eigenvalue weighted by molar-refractivity contribution is 0.135. The molecule has 1 heterocycles. The van der Waals surface area contributed by atoms with Gasteiger partial charge in [0.2, 0.25) is 0 Å². The van der Waals surface area contributed by atoms with Crippen molar-refractivity contribution in [3.63, 3.8) is 0 Å². The minimum absolute atomic E-state index is 0.638. The van der Waals surface area contributed by atoms with Crippen molar-refractivity contribution < 1.29 is 0 Å². The number of hydrogen-bond acceptors (Lipinski definition) is 2. The second kappa shape index (κ2) is 37.6. The van der Waals surface area contributed by atoms with Crippen LogP contribution in [-0.2, 0) is 0 Å². The molecule has 0 bridgehead atoms. The van der Waals surface area contributed by atoms with Crippen LogP contribution in [0.4, 0.5) is 0 Å². The Labute approximate surface area is 305 Å². The van der Waals surface area contributed by atoms with Crippen LogP contribution in [0.15, 0.2) is 12.4 Å². The molecule has 2 nitrogen and oxygen atoms in total. The summed E-state index contributed by atoms with van der Waals surface area (Å²) in [6.45, 7) is 9.48. The van der Waals surface area contributed by atoms with E-state index in [4.69, 9.17) is 0 Å². The molecule has 0 aromatic rings. The van der Waals surface area contributed by atoms with Crippen LogP contribution in [0.25, 0.3) is 0 Å². The van der Waals surface area contributed by atoms with Crippen LogP contribution < -0.4 is 0 Å². The van der Waals surface area contributed by atoms with Crippen LogP contribution in [0.2, 0.25) is 0 Å². The van der Waals surface area contributed by atoms with Crippen molar-refractivity contribution in [1.82, 2.24) is 9.80 Å². The van der Waals surface area contributed by atoms with E-state index in [-0.39, 0.29) is 0 Å². The van der Waals surface area contributed by atoms with Gasteiger partial charge in [-0.2, -0.15) is 0 Å². The largest absolute Gasteiger partial charge is 0.356 e. The average molecular weight is 673 g/mol. The molecule has 286 valence electrons. The van der Waals surface area contributed by atoms with Gasteiger partial charge in [-0.25, -0.2) is 0 Å². The smallest absolute Gasteiger partial charge is 0.101 e. The lowest BCUT2D eigenvalue weighted by atomic mass is 10.0. The molecule has 48 heavy (non-hydrogen) atoms. The first kappa shape index (κ1) is 45.4. The van der Waals surface area contributed by atoms with Crippen molar-refractivity contribution >= 4 is 0 Å². The van der Waals surface area contributed by atoms with Gasteiger partial charge in [0.15, 0.2) is 0 Å². The standard InChI is InChI=1S/C46H92N2/c1-4-7-10-13-15-17-19-21-23-25-26-28-30-32-34-36-38-41-46-47(42-39-12-9-6-3)44-45-48(46)43-40-37-35-33-31-29-27-24-22-20-18-16-14-11-8-5-2/h44-46H,4-43H2,1-3H3.